The van der Waals surface area contributed by atoms with Gasteiger partial charge in [-0.05, 0) is 24.0 Å². The first-order valence-electron chi connectivity index (χ1n) is 8.63. The van der Waals surface area contributed by atoms with Gasteiger partial charge in [0, 0.05) is 6.04 Å². The summed E-state index contributed by atoms with van der Waals surface area (Å²) in [6.45, 7) is 4.51. The molecule has 0 saturated heterocycles. The lowest BCUT2D eigenvalue weighted by atomic mass is 9.94. The van der Waals surface area contributed by atoms with E-state index in [0.717, 1.165) is 12.8 Å². The second-order valence-corrected chi connectivity index (χ2v) is 5.97. The summed E-state index contributed by atoms with van der Waals surface area (Å²) in [6, 6.07) is 8.95. The maximum absolute atomic E-state index is 6.39. The number of hydrogen-bond donors (Lipinski definition) is 1. The van der Waals surface area contributed by atoms with Gasteiger partial charge in [-0.25, -0.2) is 0 Å². The van der Waals surface area contributed by atoms with Gasteiger partial charge in [0.25, 0.3) is 0 Å². The van der Waals surface area contributed by atoms with Crippen molar-refractivity contribution in [2.75, 3.05) is 0 Å². The van der Waals surface area contributed by atoms with Crippen molar-refractivity contribution in [3.8, 4) is 0 Å². The Morgan fingerprint density at radius 1 is 0.850 bits per heavy atom. The Hall–Kier alpha value is -0.820. The largest absolute Gasteiger partial charge is 0.324 e. The fourth-order valence-electron chi connectivity index (χ4n) is 2.87. The monoisotopic (exact) mass is 275 g/mol. The van der Waals surface area contributed by atoms with Crippen LogP contribution in [0.1, 0.15) is 88.8 Å². The van der Waals surface area contributed by atoms with Crippen molar-refractivity contribution in [1.29, 1.82) is 0 Å². The molecule has 0 fully saturated rings. The molecule has 1 atom stereocenters. The van der Waals surface area contributed by atoms with Crippen molar-refractivity contribution in [1.82, 2.24) is 0 Å². The Labute approximate surface area is 126 Å². The summed E-state index contributed by atoms with van der Waals surface area (Å²) in [5.41, 5.74) is 9.21. The van der Waals surface area contributed by atoms with E-state index in [4.69, 9.17) is 5.73 Å². The summed E-state index contributed by atoms with van der Waals surface area (Å²) in [4.78, 5) is 0. The average molecular weight is 275 g/mol. The molecule has 0 heterocycles. The summed E-state index contributed by atoms with van der Waals surface area (Å²) < 4.78 is 0. The van der Waals surface area contributed by atoms with Crippen molar-refractivity contribution < 1.29 is 0 Å². The van der Waals surface area contributed by atoms with Crippen LogP contribution in [0, 0.1) is 0 Å². The predicted molar refractivity (Wildman–Crippen MR) is 90.0 cm³/mol. The molecule has 1 aromatic rings. The van der Waals surface area contributed by atoms with Crippen molar-refractivity contribution >= 4 is 0 Å². The molecule has 0 aliphatic carbocycles. The molecule has 1 unspecified atom stereocenters. The van der Waals surface area contributed by atoms with Crippen LogP contribution in [0.5, 0.6) is 0 Å². The maximum atomic E-state index is 6.39. The third kappa shape index (κ3) is 6.56. The fraction of sp³-hybridized carbons (Fsp3) is 0.684. The lowest BCUT2D eigenvalue weighted by Gasteiger charge is -2.16. The zero-order valence-electron chi connectivity index (χ0n) is 13.5. The molecule has 20 heavy (non-hydrogen) atoms. The Kier molecular flexibility index (Phi) is 9.40. The number of nitrogens with two attached hydrogens (primary N) is 1. The van der Waals surface area contributed by atoms with Gasteiger partial charge in [0.1, 0.15) is 0 Å². The number of rotatable bonds is 11. The molecule has 0 aromatic heterocycles. The van der Waals surface area contributed by atoms with E-state index >= 15 is 0 Å². The van der Waals surface area contributed by atoms with Crippen LogP contribution in [-0.4, -0.2) is 0 Å². The minimum atomic E-state index is 0.230. The standard InChI is InChI=1S/C19H33N/c1-3-5-6-7-8-9-10-16-19(20)18-15-12-11-14-17(18)13-4-2/h11-12,14-15,19H,3-10,13,16,20H2,1-2H3. The molecule has 1 rings (SSSR count). The number of hydrogen-bond acceptors (Lipinski definition) is 1. The summed E-state index contributed by atoms with van der Waals surface area (Å²) in [5, 5.41) is 0. The number of unbranched alkanes of at least 4 members (excludes halogenated alkanes) is 6. The van der Waals surface area contributed by atoms with E-state index in [1.807, 2.05) is 0 Å². The molecule has 2 N–H and O–H groups in total. The number of benzene rings is 1. The SMILES string of the molecule is CCCCCCCCCC(N)c1ccccc1CCC. The Balaban J connectivity index is 2.27. The summed E-state index contributed by atoms with van der Waals surface area (Å²) in [5.74, 6) is 0. The summed E-state index contributed by atoms with van der Waals surface area (Å²) >= 11 is 0. The van der Waals surface area contributed by atoms with E-state index in [9.17, 15) is 0 Å². The van der Waals surface area contributed by atoms with Gasteiger partial charge in [0.15, 0.2) is 0 Å². The van der Waals surface area contributed by atoms with Crippen LogP contribution in [0.2, 0.25) is 0 Å². The molecule has 0 aliphatic heterocycles. The Morgan fingerprint density at radius 3 is 2.20 bits per heavy atom. The van der Waals surface area contributed by atoms with Crippen molar-refractivity contribution in [2.24, 2.45) is 5.73 Å². The Bertz CT molecular complexity index is 345. The molecule has 0 saturated carbocycles. The highest BCUT2D eigenvalue weighted by Crippen LogP contribution is 2.22. The first-order chi connectivity index (χ1) is 9.79. The molecular weight excluding hydrogens is 242 g/mol. The second kappa shape index (κ2) is 10.9. The summed E-state index contributed by atoms with van der Waals surface area (Å²) in [6.07, 6.45) is 13.0. The van der Waals surface area contributed by atoms with Gasteiger partial charge < -0.3 is 5.73 Å². The first kappa shape index (κ1) is 17.2. The van der Waals surface area contributed by atoms with E-state index in [1.54, 1.807) is 0 Å². The van der Waals surface area contributed by atoms with Gasteiger partial charge in [-0.1, -0.05) is 89.5 Å². The van der Waals surface area contributed by atoms with Crippen LogP contribution in [0.15, 0.2) is 24.3 Å². The minimum Gasteiger partial charge on any atom is -0.324 e. The van der Waals surface area contributed by atoms with E-state index in [0.29, 0.717) is 0 Å². The van der Waals surface area contributed by atoms with Crippen LogP contribution >= 0.6 is 0 Å². The molecule has 1 nitrogen and oxygen atoms in total. The zero-order valence-corrected chi connectivity index (χ0v) is 13.5. The molecule has 0 spiro atoms. The topological polar surface area (TPSA) is 26.0 Å². The predicted octanol–water partition coefficient (Wildman–Crippen LogP) is 5.78. The highest BCUT2D eigenvalue weighted by molar-refractivity contribution is 5.29. The van der Waals surface area contributed by atoms with Gasteiger partial charge in [0.2, 0.25) is 0 Å². The van der Waals surface area contributed by atoms with Crippen molar-refractivity contribution in [3.05, 3.63) is 35.4 Å². The summed E-state index contributed by atoms with van der Waals surface area (Å²) in [7, 11) is 0. The molecular formula is C19H33N. The van der Waals surface area contributed by atoms with E-state index in [2.05, 4.69) is 38.1 Å². The molecule has 0 bridgehead atoms. The smallest absolute Gasteiger partial charge is 0.0297 e. The lowest BCUT2D eigenvalue weighted by Crippen LogP contribution is -2.12. The zero-order chi connectivity index (χ0) is 14.6. The van der Waals surface area contributed by atoms with Crippen LogP contribution in [0.4, 0.5) is 0 Å². The molecule has 114 valence electrons. The van der Waals surface area contributed by atoms with Gasteiger partial charge in [-0.15, -0.1) is 0 Å². The molecule has 0 amide bonds. The van der Waals surface area contributed by atoms with Gasteiger partial charge in [-0.3, -0.25) is 0 Å². The third-order valence-electron chi connectivity index (χ3n) is 4.09. The molecule has 1 aromatic carbocycles. The van der Waals surface area contributed by atoms with Crippen LogP contribution in [-0.2, 0) is 6.42 Å². The number of aryl methyl sites for hydroxylation is 1. The molecule has 0 radical (unpaired) electrons. The quantitative estimate of drug-likeness (QED) is 0.509. The van der Waals surface area contributed by atoms with Crippen LogP contribution in [0.25, 0.3) is 0 Å². The van der Waals surface area contributed by atoms with Gasteiger partial charge >= 0.3 is 0 Å². The molecule has 0 aliphatic rings. The van der Waals surface area contributed by atoms with Crippen molar-refractivity contribution in [3.63, 3.8) is 0 Å². The van der Waals surface area contributed by atoms with Crippen LogP contribution < -0.4 is 5.73 Å². The second-order valence-electron chi connectivity index (χ2n) is 5.97. The van der Waals surface area contributed by atoms with E-state index in [1.165, 1.54) is 62.5 Å². The third-order valence-corrected chi connectivity index (χ3v) is 4.09. The lowest BCUT2D eigenvalue weighted by molar-refractivity contribution is 0.539. The van der Waals surface area contributed by atoms with Gasteiger partial charge in [0.05, 0.1) is 0 Å². The first-order valence-corrected chi connectivity index (χ1v) is 8.63. The Morgan fingerprint density at radius 2 is 1.50 bits per heavy atom. The van der Waals surface area contributed by atoms with Gasteiger partial charge in [-0.2, -0.15) is 0 Å². The van der Waals surface area contributed by atoms with Crippen LogP contribution in [0.3, 0.4) is 0 Å². The van der Waals surface area contributed by atoms with E-state index in [-0.39, 0.29) is 6.04 Å². The average Bonchev–Trinajstić information content (AvgIpc) is 2.47. The maximum Gasteiger partial charge on any atom is 0.0297 e. The highest BCUT2D eigenvalue weighted by Gasteiger charge is 2.09. The highest BCUT2D eigenvalue weighted by atomic mass is 14.6. The van der Waals surface area contributed by atoms with E-state index < -0.39 is 0 Å². The minimum absolute atomic E-state index is 0.230. The normalized spacial score (nSPS) is 12.6. The van der Waals surface area contributed by atoms with Crippen molar-refractivity contribution in [2.45, 2.75) is 84.1 Å². The molecule has 1 heteroatoms. The fourth-order valence-corrected chi connectivity index (χ4v) is 2.87.